The summed E-state index contributed by atoms with van der Waals surface area (Å²) < 4.78 is 56.4. The molecule has 5 aliphatic heterocycles. The molecule has 0 aliphatic carbocycles. The Bertz CT molecular complexity index is 4990. The van der Waals surface area contributed by atoms with Crippen molar-refractivity contribution in [2.45, 2.75) is 191 Å². The molecule has 0 aromatic heterocycles. The van der Waals surface area contributed by atoms with Crippen LogP contribution in [0.2, 0.25) is 15.1 Å². The molecule has 0 amide bonds. The summed E-state index contributed by atoms with van der Waals surface area (Å²) in [5.74, 6) is -5.89. The number of cyclic esters (lactones) is 4. The number of alkyl halides is 1. The second-order valence-electron chi connectivity index (χ2n) is 30.1. The molecule has 5 heterocycles. The maximum atomic E-state index is 13.6. The van der Waals surface area contributed by atoms with E-state index in [4.69, 9.17) is 93.8 Å². The topological polar surface area (TPSA) is 354 Å². The van der Waals surface area contributed by atoms with E-state index in [1.807, 2.05) is 161 Å². The SMILES string of the molecule is CC(C)[C@@H]1CC2OC2CC/C=C/C(=O)Cc2c(Cl)c(O)cc(O)c2C(=O)O1.CCOCOc1cc2c(c(OCOCC)c1)C(=O)O[C@H](c1ccccc1)C/C=C/CC/C=C/C(=O)C2.COC1CC/C=C/C[C@H](c2ccccc2)OC(=O)c2c(O)cc(O)c(Cl)c2CC(=O)C1.O=C1Cc2c(Cl)c(O)cc(O)c2C(=O)O[C@H](c2ccccc2)C/C=C/CCC(Cl)C1. The Morgan fingerprint density at radius 2 is 0.847 bits per heavy atom. The molecular formula is C96H104Cl4O24. The third kappa shape index (κ3) is 28.9. The third-order valence-electron chi connectivity index (χ3n) is 20.6. The summed E-state index contributed by atoms with van der Waals surface area (Å²) >= 11 is 24.8. The monoisotopic (exact) mass is 1780 g/mol. The molecule has 6 N–H and O–H groups in total. The van der Waals surface area contributed by atoms with Crippen LogP contribution in [-0.4, -0.2) is 141 Å². The summed E-state index contributed by atoms with van der Waals surface area (Å²) in [5.41, 5.74) is 2.63. The maximum Gasteiger partial charge on any atom is 0.342 e. The number of rotatable bonds is 13. The second kappa shape index (κ2) is 49.0. The fraction of sp³-hybridized carbons (Fsp3) is 0.375. The molecule has 5 aliphatic rings. The van der Waals surface area contributed by atoms with Gasteiger partial charge in [-0.25, -0.2) is 19.2 Å². The van der Waals surface area contributed by atoms with E-state index in [2.05, 4.69) is 0 Å². The Hall–Kier alpha value is -10.8. The molecule has 124 heavy (non-hydrogen) atoms. The molecule has 8 atom stereocenters. The lowest BCUT2D eigenvalue weighted by molar-refractivity contribution is -0.121. The highest BCUT2D eigenvalue weighted by Gasteiger charge is 2.42. The van der Waals surface area contributed by atoms with Crippen molar-refractivity contribution in [2.24, 2.45) is 5.92 Å². The number of benzene rings is 7. The molecule has 4 unspecified atom stereocenters. The molecule has 12 rings (SSSR count). The van der Waals surface area contributed by atoms with Gasteiger partial charge in [-0.3, -0.25) is 19.2 Å². The Kier molecular flexibility index (Phi) is 38.4. The summed E-state index contributed by atoms with van der Waals surface area (Å²) in [6.45, 7) is 8.49. The Balaban J connectivity index is 0.000000188. The van der Waals surface area contributed by atoms with Gasteiger partial charge in [0.2, 0.25) is 0 Å². The van der Waals surface area contributed by atoms with Gasteiger partial charge in [-0.1, -0.05) is 188 Å². The molecule has 0 spiro atoms. The number of hydrogen-bond donors (Lipinski definition) is 6. The zero-order valence-electron chi connectivity index (χ0n) is 69.6. The van der Waals surface area contributed by atoms with Gasteiger partial charge < -0.3 is 78.0 Å². The Morgan fingerprint density at radius 1 is 0.435 bits per heavy atom. The lowest BCUT2D eigenvalue weighted by Crippen LogP contribution is -2.27. The number of fused-ring (bicyclic) bond motifs is 5. The molecule has 1 saturated heterocycles. The van der Waals surface area contributed by atoms with E-state index in [-0.39, 0.29) is 165 Å². The molecule has 1 fully saturated rings. The average Bonchev–Trinajstić information content (AvgIpc) is 1.66. The van der Waals surface area contributed by atoms with Gasteiger partial charge in [0.1, 0.15) is 104 Å². The number of Topliss-reactive ketones (excluding diaryl/α,β-unsaturated/α-hetero) is 2. The number of aromatic hydroxyl groups is 6. The first-order valence-corrected chi connectivity index (χ1v) is 42.7. The van der Waals surface area contributed by atoms with Crippen LogP contribution in [0.4, 0.5) is 0 Å². The summed E-state index contributed by atoms with van der Waals surface area (Å²) in [5, 5.41) is 60.1. The van der Waals surface area contributed by atoms with Crippen molar-refractivity contribution in [2.75, 3.05) is 33.9 Å². The number of methoxy groups -OCH3 is 1. The Morgan fingerprint density at radius 3 is 1.32 bits per heavy atom. The number of carbonyl (C=O) groups excluding carboxylic acids is 8. The van der Waals surface area contributed by atoms with Crippen molar-refractivity contribution in [3.8, 4) is 46.0 Å². The number of hydrogen-bond acceptors (Lipinski definition) is 24. The van der Waals surface area contributed by atoms with Crippen LogP contribution in [0.5, 0.6) is 46.0 Å². The third-order valence-corrected chi connectivity index (χ3v) is 22.3. The predicted molar refractivity (Wildman–Crippen MR) is 467 cm³/mol. The first-order valence-electron chi connectivity index (χ1n) is 41.1. The van der Waals surface area contributed by atoms with E-state index in [0.29, 0.717) is 82.3 Å². The normalized spacial score (nSPS) is 22.0. The zero-order chi connectivity index (χ0) is 89.4. The van der Waals surface area contributed by atoms with Crippen LogP contribution in [0, 0.1) is 5.92 Å². The number of ether oxygens (including phenoxy) is 10. The number of ketones is 4. The summed E-state index contributed by atoms with van der Waals surface area (Å²) in [7, 11) is 1.55. The van der Waals surface area contributed by atoms with Crippen LogP contribution in [0.1, 0.15) is 216 Å². The van der Waals surface area contributed by atoms with Crippen molar-refractivity contribution >= 4 is 93.4 Å². The highest BCUT2D eigenvalue weighted by Crippen LogP contribution is 2.44. The van der Waals surface area contributed by atoms with Crippen molar-refractivity contribution < 1.29 is 116 Å². The largest absolute Gasteiger partial charge is 0.507 e. The van der Waals surface area contributed by atoms with E-state index in [0.717, 1.165) is 54.2 Å². The van der Waals surface area contributed by atoms with Crippen LogP contribution in [-0.2, 0) is 82.8 Å². The molecule has 7 aromatic rings. The van der Waals surface area contributed by atoms with E-state index < -0.39 is 82.8 Å². The molecule has 0 radical (unpaired) electrons. The van der Waals surface area contributed by atoms with Crippen LogP contribution < -0.4 is 9.47 Å². The highest BCUT2D eigenvalue weighted by atomic mass is 35.5. The number of halogens is 4. The van der Waals surface area contributed by atoms with Gasteiger partial charge in [-0.05, 0) is 112 Å². The van der Waals surface area contributed by atoms with Gasteiger partial charge >= 0.3 is 23.9 Å². The molecular weight excluding hydrogens is 1680 g/mol. The molecule has 28 heteroatoms. The van der Waals surface area contributed by atoms with E-state index >= 15 is 0 Å². The van der Waals surface area contributed by atoms with E-state index in [9.17, 15) is 69.0 Å². The van der Waals surface area contributed by atoms with Crippen LogP contribution in [0.25, 0.3) is 0 Å². The average molecular weight is 1780 g/mol. The number of epoxide rings is 1. The van der Waals surface area contributed by atoms with Gasteiger partial charge in [-0.2, -0.15) is 0 Å². The van der Waals surface area contributed by atoms with Crippen LogP contribution in [0.15, 0.2) is 182 Å². The van der Waals surface area contributed by atoms with Crippen molar-refractivity contribution in [1.29, 1.82) is 0 Å². The number of allylic oxidation sites excluding steroid dienone is 7. The minimum absolute atomic E-state index is 0.0103. The van der Waals surface area contributed by atoms with Crippen molar-refractivity contribution in [1.82, 2.24) is 0 Å². The lowest BCUT2D eigenvalue weighted by Gasteiger charge is -2.22. The van der Waals surface area contributed by atoms with E-state index in [1.54, 1.807) is 31.4 Å². The summed E-state index contributed by atoms with van der Waals surface area (Å²) in [6.07, 6.45) is 23.3. The van der Waals surface area contributed by atoms with Crippen molar-refractivity contribution in [3.63, 3.8) is 0 Å². The minimum atomic E-state index is -0.820. The molecule has 0 saturated carbocycles. The van der Waals surface area contributed by atoms with Crippen LogP contribution >= 0.6 is 46.4 Å². The number of esters is 4. The zero-order valence-corrected chi connectivity index (χ0v) is 72.6. The number of phenols is 6. The number of phenolic OH excluding ortho intramolecular Hbond substituents is 6. The fourth-order valence-corrected chi connectivity index (χ4v) is 15.0. The smallest absolute Gasteiger partial charge is 0.342 e. The van der Waals surface area contributed by atoms with E-state index in [1.165, 1.54) is 6.08 Å². The lowest BCUT2D eigenvalue weighted by atomic mass is 9.96. The second-order valence-corrected chi connectivity index (χ2v) is 31.8. The van der Waals surface area contributed by atoms with Gasteiger partial charge in [0.05, 0.1) is 33.4 Å². The van der Waals surface area contributed by atoms with Gasteiger partial charge in [0.15, 0.2) is 25.2 Å². The van der Waals surface area contributed by atoms with Crippen LogP contribution in [0.3, 0.4) is 0 Å². The standard InChI is InChI=1S/C29H34O7.C24H25ClO6.C23H22Cl2O5.C20H23ClO6/c1-3-32-20-34-25-18-23-17-24(30)15-11-6-5-7-12-16-26(22-13-9-8-10-14-22)36-29(31)28(23)27(19-25)35-21-33-4-2;1-30-17-10-6-3-7-11-21(15-8-4-2-5-9-15)31-24(29)22-18(13-16(26)12-17)23(25)20(28)14-19(22)27;24-15-9-5-2-6-10-20(14-7-3-1-4-8-14)30-23(29)21-17(12-16(26)11-15)22(25)19(28)13-18(21)27;1-10(2)16-9-17-15(26-17)6-4-3-5-11(22)7-12-18(20(25)27-16)13(23)8-14(24)19(12)21/h7-15,18-19,26H,3-6,16-17,20-21H2,1-2H3;2-5,7-9,14,17,21,27-28H,6,10-13H2,1H3;1-4,6-8,13,15,20,27-28H,5,9-12H2;3,5,8,10,15-17,23-24H,4,6-7,9H2,1-2H3/b12-7+,15-11+;7-3+;6-2+;5-3+/t26-;17?,21-;15?,20-;15?,16-,17?/m0100/s1. The Labute approximate surface area is 740 Å². The highest BCUT2D eigenvalue weighted by molar-refractivity contribution is 6.35. The molecule has 660 valence electrons. The first kappa shape index (κ1) is 97.0. The minimum Gasteiger partial charge on any atom is -0.507 e. The van der Waals surface area contributed by atoms with Gasteiger partial charge in [0.25, 0.3) is 0 Å². The predicted octanol–water partition coefficient (Wildman–Crippen LogP) is 19.7. The molecule has 7 aromatic carbocycles. The van der Waals surface area contributed by atoms with Gasteiger partial charge in [-0.15, -0.1) is 11.6 Å². The van der Waals surface area contributed by atoms with Crippen molar-refractivity contribution in [3.05, 3.63) is 258 Å². The molecule has 24 nitrogen and oxygen atoms in total. The summed E-state index contributed by atoms with van der Waals surface area (Å²) in [4.78, 5) is 103. The first-order chi connectivity index (χ1) is 59.7. The van der Waals surface area contributed by atoms with Gasteiger partial charge in [0, 0.05) is 131 Å². The molecule has 0 bridgehead atoms. The quantitative estimate of drug-likeness (QED) is 0.0119. The number of carbonyl (C=O) groups is 8. The fourth-order valence-electron chi connectivity index (χ4n) is 14.1. The summed E-state index contributed by atoms with van der Waals surface area (Å²) in [6, 6.07) is 34.3. The maximum absolute atomic E-state index is 13.6.